The Morgan fingerprint density at radius 1 is 1.43 bits per heavy atom. The second-order valence-electron chi connectivity index (χ2n) is 3.65. The van der Waals surface area contributed by atoms with Gasteiger partial charge in [-0.05, 0) is 42.8 Å². The molecule has 0 unspecified atom stereocenters. The third-order valence-electron chi connectivity index (χ3n) is 2.19. The summed E-state index contributed by atoms with van der Waals surface area (Å²) < 4.78 is 2.95. The SMILES string of the molecule is Cc1nn(C(C)C)c2ncc(Br)cc12. The van der Waals surface area contributed by atoms with Crippen LogP contribution in [0, 0.1) is 6.92 Å². The van der Waals surface area contributed by atoms with Gasteiger partial charge in [-0.3, -0.25) is 0 Å². The normalized spacial score (nSPS) is 11.5. The van der Waals surface area contributed by atoms with Crippen molar-refractivity contribution in [1.29, 1.82) is 0 Å². The van der Waals surface area contributed by atoms with Crippen LogP contribution in [0.1, 0.15) is 25.6 Å². The molecule has 0 saturated carbocycles. The second kappa shape index (κ2) is 3.35. The maximum absolute atomic E-state index is 4.46. The highest BCUT2D eigenvalue weighted by Gasteiger charge is 2.10. The molecule has 0 fully saturated rings. The lowest BCUT2D eigenvalue weighted by Crippen LogP contribution is -2.03. The minimum Gasteiger partial charge on any atom is -0.245 e. The number of pyridine rings is 1. The van der Waals surface area contributed by atoms with Gasteiger partial charge >= 0.3 is 0 Å². The average molecular weight is 254 g/mol. The molecule has 2 rings (SSSR count). The smallest absolute Gasteiger partial charge is 0.158 e. The maximum Gasteiger partial charge on any atom is 0.158 e. The Kier molecular flexibility index (Phi) is 2.31. The zero-order valence-corrected chi connectivity index (χ0v) is 10.0. The van der Waals surface area contributed by atoms with Crippen molar-refractivity contribution in [1.82, 2.24) is 14.8 Å². The molecule has 0 amide bonds. The average Bonchev–Trinajstić information content (AvgIpc) is 2.44. The first-order valence-corrected chi connectivity index (χ1v) is 5.39. The van der Waals surface area contributed by atoms with Gasteiger partial charge < -0.3 is 0 Å². The van der Waals surface area contributed by atoms with Crippen LogP contribution in [0.2, 0.25) is 0 Å². The maximum atomic E-state index is 4.46. The van der Waals surface area contributed by atoms with E-state index >= 15 is 0 Å². The van der Waals surface area contributed by atoms with Crippen LogP contribution in [0.25, 0.3) is 11.0 Å². The van der Waals surface area contributed by atoms with Gasteiger partial charge in [0.2, 0.25) is 0 Å². The molecule has 0 aliphatic heterocycles. The predicted octanol–water partition coefficient (Wildman–Crippen LogP) is 3.08. The van der Waals surface area contributed by atoms with Crippen molar-refractivity contribution in [3.05, 3.63) is 22.4 Å². The fourth-order valence-corrected chi connectivity index (χ4v) is 1.84. The highest BCUT2D eigenvalue weighted by atomic mass is 79.9. The van der Waals surface area contributed by atoms with E-state index in [1.54, 1.807) is 0 Å². The molecule has 2 heterocycles. The number of halogens is 1. The minimum absolute atomic E-state index is 0.347. The molecule has 0 bridgehead atoms. The van der Waals surface area contributed by atoms with E-state index in [0.29, 0.717) is 6.04 Å². The van der Waals surface area contributed by atoms with E-state index in [1.807, 2.05) is 17.8 Å². The summed E-state index contributed by atoms with van der Waals surface area (Å²) in [7, 11) is 0. The van der Waals surface area contributed by atoms with Gasteiger partial charge in [-0.15, -0.1) is 0 Å². The van der Waals surface area contributed by atoms with Crippen LogP contribution in [0.5, 0.6) is 0 Å². The Morgan fingerprint density at radius 2 is 2.14 bits per heavy atom. The first-order chi connectivity index (χ1) is 6.59. The number of nitrogens with zero attached hydrogens (tertiary/aromatic N) is 3. The van der Waals surface area contributed by atoms with Crippen LogP contribution in [0.3, 0.4) is 0 Å². The molecule has 2 aromatic rings. The van der Waals surface area contributed by atoms with Gasteiger partial charge in [0.15, 0.2) is 5.65 Å². The number of fused-ring (bicyclic) bond motifs is 1. The third kappa shape index (κ3) is 1.43. The van der Waals surface area contributed by atoms with E-state index in [-0.39, 0.29) is 0 Å². The van der Waals surface area contributed by atoms with Gasteiger partial charge in [-0.25, -0.2) is 9.67 Å². The van der Waals surface area contributed by atoms with Gasteiger partial charge in [0.05, 0.1) is 5.69 Å². The van der Waals surface area contributed by atoms with Crippen molar-refractivity contribution in [3.63, 3.8) is 0 Å². The van der Waals surface area contributed by atoms with E-state index in [4.69, 9.17) is 0 Å². The fraction of sp³-hybridized carbons (Fsp3) is 0.400. The third-order valence-corrected chi connectivity index (χ3v) is 2.62. The van der Waals surface area contributed by atoms with Crippen LogP contribution in [0.4, 0.5) is 0 Å². The number of aryl methyl sites for hydroxylation is 1. The van der Waals surface area contributed by atoms with Crippen molar-refractivity contribution in [2.75, 3.05) is 0 Å². The molecule has 0 saturated heterocycles. The Balaban J connectivity index is 2.77. The highest BCUT2D eigenvalue weighted by molar-refractivity contribution is 9.10. The second-order valence-corrected chi connectivity index (χ2v) is 4.56. The largest absolute Gasteiger partial charge is 0.245 e. The molecule has 3 nitrogen and oxygen atoms in total. The molecular formula is C10H12BrN3. The van der Waals surface area contributed by atoms with Crippen LogP contribution in [-0.2, 0) is 0 Å². The summed E-state index contributed by atoms with van der Waals surface area (Å²) in [5.74, 6) is 0. The molecule has 0 N–H and O–H groups in total. The molecule has 0 aliphatic carbocycles. The van der Waals surface area contributed by atoms with Crippen LogP contribution in [0.15, 0.2) is 16.7 Å². The number of rotatable bonds is 1. The molecular weight excluding hydrogens is 242 g/mol. The van der Waals surface area contributed by atoms with Crippen molar-refractivity contribution >= 4 is 27.0 Å². The van der Waals surface area contributed by atoms with Gasteiger partial charge in [0, 0.05) is 22.1 Å². The van der Waals surface area contributed by atoms with Crippen LogP contribution < -0.4 is 0 Å². The van der Waals surface area contributed by atoms with E-state index in [9.17, 15) is 0 Å². The van der Waals surface area contributed by atoms with E-state index in [1.165, 1.54) is 0 Å². The van der Waals surface area contributed by atoms with Gasteiger partial charge in [0.25, 0.3) is 0 Å². The van der Waals surface area contributed by atoms with Crippen molar-refractivity contribution in [2.24, 2.45) is 0 Å². The van der Waals surface area contributed by atoms with Crippen molar-refractivity contribution < 1.29 is 0 Å². The zero-order valence-electron chi connectivity index (χ0n) is 8.45. The quantitative estimate of drug-likeness (QED) is 0.782. The molecule has 74 valence electrons. The molecule has 4 heteroatoms. The minimum atomic E-state index is 0.347. The van der Waals surface area contributed by atoms with E-state index in [2.05, 4.69) is 45.9 Å². The van der Waals surface area contributed by atoms with Crippen molar-refractivity contribution in [3.8, 4) is 0 Å². The van der Waals surface area contributed by atoms with Crippen LogP contribution in [-0.4, -0.2) is 14.8 Å². The summed E-state index contributed by atoms with van der Waals surface area (Å²) in [4.78, 5) is 4.38. The monoisotopic (exact) mass is 253 g/mol. The Morgan fingerprint density at radius 3 is 2.79 bits per heavy atom. The summed E-state index contributed by atoms with van der Waals surface area (Å²) >= 11 is 3.41. The summed E-state index contributed by atoms with van der Waals surface area (Å²) in [6, 6.07) is 2.41. The highest BCUT2D eigenvalue weighted by Crippen LogP contribution is 2.22. The summed E-state index contributed by atoms with van der Waals surface area (Å²) in [5.41, 5.74) is 1.99. The molecule has 0 aliphatic rings. The molecule has 2 aromatic heterocycles. The van der Waals surface area contributed by atoms with E-state index in [0.717, 1.165) is 21.2 Å². The molecule has 0 aromatic carbocycles. The van der Waals surface area contributed by atoms with Gasteiger partial charge in [0.1, 0.15) is 0 Å². The zero-order chi connectivity index (χ0) is 10.3. The predicted molar refractivity (Wildman–Crippen MR) is 60.4 cm³/mol. The lowest BCUT2D eigenvalue weighted by Gasteiger charge is -2.05. The van der Waals surface area contributed by atoms with Gasteiger partial charge in [-0.2, -0.15) is 5.10 Å². The Labute approximate surface area is 91.3 Å². The molecule has 0 radical (unpaired) electrons. The lowest BCUT2D eigenvalue weighted by molar-refractivity contribution is 0.542. The Bertz CT molecular complexity index is 473. The molecule has 0 spiro atoms. The summed E-state index contributed by atoms with van der Waals surface area (Å²) in [5, 5.41) is 5.58. The summed E-state index contributed by atoms with van der Waals surface area (Å²) in [6.07, 6.45) is 1.81. The molecule has 0 atom stereocenters. The number of hydrogen-bond donors (Lipinski definition) is 0. The van der Waals surface area contributed by atoms with Crippen molar-refractivity contribution in [2.45, 2.75) is 26.8 Å². The lowest BCUT2D eigenvalue weighted by atomic mass is 10.3. The summed E-state index contributed by atoms with van der Waals surface area (Å²) in [6.45, 7) is 6.22. The number of hydrogen-bond acceptors (Lipinski definition) is 2. The first kappa shape index (κ1) is 9.65. The van der Waals surface area contributed by atoms with Crippen LogP contribution >= 0.6 is 15.9 Å². The standard InChI is InChI=1S/C10H12BrN3/c1-6(2)14-10-9(7(3)13-14)4-8(11)5-12-10/h4-6H,1-3H3. The van der Waals surface area contributed by atoms with E-state index < -0.39 is 0 Å². The Hall–Kier alpha value is -0.900. The van der Waals surface area contributed by atoms with Gasteiger partial charge in [-0.1, -0.05) is 0 Å². The number of aromatic nitrogens is 3. The first-order valence-electron chi connectivity index (χ1n) is 4.60. The molecule has 14 heavy (non-hydrogen) atoms. The topological polar surface area (TPSA) is 30.7 Å². The fourth-order valence-electron chi connectivity index (χ4n) is 1.50.